The van der Waals surface area contributed by atoms with E-state index < -0.39 is 0 Å². The fraction of sp³-hybridized carbons (Fsp3) is 0.667. The fourth-order valence-electron chi connectivity index (χ4n) is 3.89. The molecule has 0 aliphatic carbocycles. The lowest BCUT2D eigenvalue weighted by atomic mass is 10.1. The molecule has 0 saturated carbocycles. The minimum atomic E-state index is 0.570. The number of benzene rings is 1. The standard InChI is InChI=1S/C30H48O5S/c1-6-8-10-12-14-34-28-22-27(29(20-24(28)3)35-15-13-11-9-7-2)30-21-26(25(4)36-30)23-33-19-18-32-17-16-31-5/h20-22H,6-19,23H2,1-5H3. The molecule has 2 aromatic rings. The van der Waals surface area contributed by atoms with E-state index in [-0.39, 0.29) is 0 Å². The van der Waals surface area contributed by atoms with Crippen LogP contribution < -0.4 is 9.47 Å². The Morgan fingerprint density at radius 2 is 1.31 bits per heavy atom. The van der Waals surface area contributed by atoms with Crippen LogP contribution in [0.1, 0.15) is 81.2 Å². The molecular formula is C30H48O5S. The molecule has 36 heavy (non-hydrogen) atoms. The Hall–Kier alpha value is -1.60. The zero-order valence-electron chi connectivity index (χ0n) is 23.3. The largest absolute Gasteiger partial charge is 0.493 e. The number of thiophene rings is 1. The number of unbranched alkanes of at least 4 members (excludes halogenated alkanes) is 6. The summed E-state index contributed by atoms with van der Waals surface area (Å²) in [5.74, 6) is 1.90. The van der Waals surface area contributed by atoms with Gasteiger partial charge in [0.05, 0.1) is 46.2 Å². The lowest BCUT2D eigenvalue weighted by Crippen LogP contribution is -2.08. The maximum absolute atomic E-state index is 6.32. The lowest BCUT2D eigenvalue weighted by molar-refractivity contribution is 0.0199. The van der Waals surface area contributed by atoms with Crippen molar-refractivity contribution < 1.29 is 23.7 Å². The van der Waals surface area contributed by atoms with E-state index >= 15 is 0 Å². The average Bonchev–Trinajstić information content (AvgIpc) is 3.24. The number of ether oxygens (including phenoxy) is 5. The summed E-state index contributed by atoms with van der Waals surface area (Å²) in [6.07, 6.45) is 9.57. The van der Waals surface area contributed by atoms with Crippen molar-refractivity contribution in [3.63, 3.8) is 0 Å². The van der Waals surface area contributed by atoms with E-state index in [1.165, 1.54) is 53.8 Å². The summed E-state index contributed by atoms with van der Waals surface area (Å²) in [5.41, 5.74) is 3.45. The van der Waals surface area contributed by atoms with Gasteiger partial charge >= 0.3 is 0 Å². The molecule has 1 aromatic heterocycles. The van der Waals surface area contributed by atoms with E-state index in [0.717, 1.165) is 48.7 Å². The third-order valence-corrected chi connectivity index (χ3v) is 7.26. The van der Waals surface area contributed by atoms with Gasteiger partial charge in [-0.15, -0.1) is 11.3 Å². The van der Waals surface area contributed by atoms with Crippen LogP contribution in [0.5, 0.6) is 11.5 Å². The predicted molar refractivity (Wildman–Crippen MR) is 151 cm³/mol. The minimum absolute atomic E-state index is 0.570. The van der Waals surface area contributed by atoms with Gasteiger partial charge < -0.3 is 23.7 Å². The zero-order valence-corrected chi connectivity index (χ0v) is 24.1. The number of hydrogen-bond donors (Lipinski definition) is 0. The van der Waals surface area contributed by atoms with Crippen molar-refractivity contribution in [2.24, 2.45) is 0 Å². The van der Waals surface area contributed by atoms with Gasteiger partial charge in [-0.3, -0.25) is 0 Å². The van der Waals surface area contributed by atoms with Gasteiger partial charge in [-0.25, -0.2) is 0 Å². The van der Waals surface area contributed by atoms with Crippen LogP contribution >= 0.6 is 11.3 Å². The fourth-order valence-corrected chi connectivity index (χ4v) is 4.94. The first kappa shape index (κ1) is 30.6. The van der Waals surface area contributed by atoms with Gasteiger partial charge in [0.25, 0.3) is 0 Å². The second-order valence-corrected chi connectivity index (χ2v) is 10.5. The van der Waals surface area contributed by atoms with Crippen LogP contribution in [0, 0.1) is 13.8 Å². The Kier molecular flexibility index (Phi) is 15.8. The molecule has 0 aliphatic rings. The Balaban J connectivity index is 2.10. The van der Waals surface area contributed by atoms with Crippen LogP contribution in [-0.4, -0.2) is 46.8 Å². The van der Waals surface area contributed by atoms with E-state index in [9.17, 15) is 0 Å². The van der Waals surface area contributed by atoms with Crippen LogP contribution in [0.15, 0.2) is 18.2 Å². The van der Waals surface area contributed by atoms with Crippen LogP contribution in [-0.2, 0) is 20.8 Å². The third kappa shape index (κ3) is 11.2. The molecule has 0 aliphatic heterocycles. The number of methoxy groups -OCH3 is 1. The Morgan fingerprint density at radius 3 is 1.97 bits per heavy atom. The Labute approximate surface area is 223 Å². The van der Waals surface area contributed by atoms with Crippen molar-refractivity contribution in [3.05, 3.63) is 34.2 Å². The molecule has 2 rings (SSSR count). The van der Waals surface area contributed by atoms with Crippen LogP contribution in [0.3, 0.4) is 0 Å². The quantitative estimate of drug-likeness (QED) is 0.156. The average molecular weight is 521 g/mol. The first-order valence-electron chi connectivity index (χ1n) is 13.7. The second-order valence-electron chi connectivity index (χ2n) is 9.28. The zero-order chi connectivity index (χ0) is 26.0. The van der Waals surface area contributed by atoms with Gasteiger partial charge in [0.2, 0.25) is 0 Å². The molecule has 0 radical (unpaired) electrons. The van der Waals surface area contributed by atoms with Gasteiger partial charge in [0.1, 0.15) is 11.5 Å². The molecular weight excluding hydrogens is 472 g/mol. The van der Waals surface area contributed by atoms with Crippen molar-refractivity contribution >= 4 is 11.3 Å². The normalized spacial score (nSPS) is 11.2. The number of rotatable bonds is 21. The monoisotopic (exact) mass is 520 g/mol. The minimum Gasteiger partial charge on any atom is -0.493 e. The first-order valence-corrected chi connectivity index (χ1v) is 14.6. The maximum Gasteiger partial charge on any atom is 0.128 e. The summed E-state index contributed by atoms with van der Waals surface area (Å²) >= 11 is 1.79. The van der Waals surface area contributed by atoms with Gasteiger partial charge in [-0.05, 0) is 56.0 Å². The third-order valence-electron chi connectivity index (χ3n) is 6.14. The molecule has 5 nitrogen and oxygen atoms in total. The van der Waals surface area contributed by atoms with Gasteiger partial charge in [-0.2, -0.15) is 0 Å². The van der Waals surface area contributed by atoms with Crippen LogP contribution in [0.4, 0.5) is 0 Å². The van der Waals surface area contributed by atoms with Crippen molar-refractivity contribution in [2.75, 3.05) is 46.8 Å². The maximum atomic E-state index is 6.32. The molecule has 0 unspecified atom stereocenters. The molecule has 0 saturated heterocycles. The summed E-state index contributed by atoms with van der Waals surface area (Å²) < 4.78 is 28.9. The Bertz CT molecular complexity index is 848. The lowest BCUT2D eigenvalue weighted by Gasteiger charge is -2.16. The van der Waals surface area contributed by atoms with Crippen molar-refractivity contribution in [1.82, 2.24) is 0 Å². The number of hydrogen-bond acceptors (Lipinski definition) is 6. The van der Waals surface area contributed by atoms with E-state index in [1.807, 2.05) is 0 Å². The number of aryl methyl sites for hydroxylation is 2. The highest BCUT2D eigenvalue weighted by Crippen LogP contribution is 2.41. The molecule has 0 bridgehead atoms. The van der Waals surface area contributed by atoms with Crippen LogP contribution in [0.2, 0.25) is 0 Å². The topological polar surface area (TPSA) is 46.2 Å². The molecule has 0 fully saturated rings. The highest BCUT2D eigenvalue weighted by molar-refractivity contribution is 7.15. The summed E-state index contributed by atoms with van der Waals surface area (Å²) in [7, 11) is 1.68. The molecule has 0 amide bonds. The summed E-state index contributed by atoms with van der Waals surface area (Å²) in [6, 6.07) is 6.57. The van der Waals surface area contributed by atoms with Crippen molar-refractivity contribution in [1.29, 1.82) is 0 Å². The van der Waals surface area contributed by atoms with Gasteiger partial charge in [-0.1, -0.05) is 52.4 Å². The van der Waals surface area contributed by atoms with Gasteiger partial charge in [0.15, 0.2) is 0 Å². The van der Waals surface area contributed by atoms with Crippen LogP contribution in [0.25, 0.3) is 10.4 Å². The van der Waals surface area contributed by atoms with E-state index in [1.54, 1.807) is 18.4 Å². The molecule has 6 heteroatoms. The smallest absolute Gasteiger partial charge is 0.128 e. The molecule has 1 heterocycles. The molecule has 1 aromatic carbocycles. The Morgan fingerprint density at radius 1 is 0.667 bits per heavy atom. The summed E-state index contributed by atoms with van der Waals surface area (Å²) in [5, 5.41) is 0. The van der Waals surface area contributed by atoms with Crippen molar-refractivity contribution in [2.45, 2.75) is 85.7 Å². The van der Waals surface area contributed by atoms with E-state index in [0.29, 0.717) is 33.0 Å². The van der Waals surface area contributed by atoms with Crippen molar-refractivity contribution in [3.8, 4) is 21.9 Å². The second kappa shape index (κ2) is 18.6. The molecule has 204 valence electrons. The highest BCUT2D eigenvalue weighted by Gasteiger charge is 2.16. The SMILES string of the molecule is CCCCCCOc1cc(-c2cc(COCCOCCOC)c(C)s2)c(OCCCCCC)cc1C. The molecule has 0 atom stereocenters. The summed E-state index contributed by atoms with van der Waals surface area (Å²) in [4.78, 5) is 2.46. The highest BCUT2D eigenvalue weighted by atomic mass is 32.1. The van der Waals surface area contributed by atoms with E-state index in [4.69, 9.17) is 23.7 Å². The molecule has 0 N–H and O–H groups in total. The molecule has 0 spiro atoms. The summed E-state index contributed by atoms with van der Waals surface area (Å²) in [6.45, 7) is 13.2. The van der Waals surface area contributed by atoms with Gasteiger partial charge in [0, 0.05) is 22.4 Å². The van der Waals surface area contributed by atoms with E-state index in [2.05, 4.69) is 45.9 Å². The first-order chi connectivity index (χ1) is 17.6. The predicted octanol–water partition coefficient (Wildman–Crippen LogP) is 8.13.